The molecule has 0 amide bonds. The van der Waals surface area contributed by atoms with Crippen molar-refractivity contribution in [2.75, 3.05) is 25.2 Å². The van der Waals surface area contributed by atoms with Crippen LogP contribution < -0.4 is 10.2 Å². The molecule has 0 unspecified atom stereocenters. The molecule has 0 aliphatic carbocycles. The fourth-order valence-corrected chi connectivity index (χ4v) is 4.53. The Morgan fingerprint density at radius 2 is 2.17 bits per heavy atom. The Morgan fingerprint density at radius 3 is 2.97 bits per heavy atom. The molecule has 3 atom stereocenters. The number of fused-ring (bicyclic) bond motifs is 3. The van der Waals surface area contributed by atoms with Gasteiger partial charge in [0.1, 0.15) is 5.69 Å². The second-order valence-electron chi connectivity index (χ2n) is 7.81. The molecule has 2 aliphatic rings. The number of hydrogen-bond donors (Lipinski definition) is 2. The largest absolute Gasteiger partial charge is 0.378 e. The van der Waals surface area contributed by atoms with E-state index in [0.29, 0.717) is 29.8 Å². The summed E-state index contributed by atoms with van der Waals surface area (Å²) >= 11 is 0. The molecule has 10 nitrogen and oxygen atoms in total. The van der Waals surface area contributed by atoms with Crippen LogP contribution in [0.15, 0.2) is 43.0 Å². The average molecular weight is 403 g/mol. The van der Waals surface area contributed by atoms with E-state index in [2.05, 4.69) is 40.7 Å². The summed E-state index contributed by atoms with van der Waals surface area (Å²) in [5, 5.41) is 25.1. The predicted molar refractivity (Wildman–Crippen MR) is 110 cm³/mol. The highest BCUT2D eigenvalue weighted by Crippen LogP contribution is 2.30. The van der Waals surface area contributed by atoms with Crippen molar-refractivity contribution >= 4 is 16.9 Å². The molecule has 2 bridgehead atoms. The molecule has 2 saturated heterocycles. The monoisotopic (exact) mass is 403 g/mol. The molecule has 5 heterocycles. The molecule has 30 heavy (non-hydrogen) atoms. The van der Waals surface area contributed by atoms with Crippen molar-refractivity contribution in [2.24, 2.45) is 0 Å². The molecule has 4 aromatic rings. The normalized spacial score (nSPS) is 23.2. The van der Waals surface area contributed by atoms with E-state index < -0.39 is 0 Å². The summed E-state index contributed by atoms with van der Waals surface area (Å²) < 4.78 is 7.47. The van der Waals surface area contributed by atoms with E-state index in [1.807, 2.05) is 36.1 Å². The summed E-state index contributed by atoms with van der Waals surface area (Å²) in [5.41, 5.74) is 3.45. The lowest BCUT2D eigenvalue weighted by atomic mass is 10.1. The lowest BCUT2D eigenvalue weighted by Gasteiger charge is -2.29. The zero-order valence-electron chi connectivity index (χ0n) is 16.4. The Morgan fingerprint density at radius 1 is 1.20 bits per heavy atom. The maximum Gasteiger partial charge on any atom is 0.245 e. The minimum Gasteiger partial charge on any atom is -0.378 e. The van der Waals surface area contributed by atoms with Crippen LogP contribution in [0.5, 0.6) is 0 Å². The predicted octanol–water partition coefficient (Wildman–Crippen LogP) is 1.17. The van der Waals surface area contributed by atoms with Gasteiger partial charge in [0.25, 0.3) is 0 Å². The number of likely N-dealkylation sites (N-methyl/N-ethyl adjacent to an activating group) is 1. The summed E-state index contributed by atoms with van der Waals surface area (Å²) in [4.78, 5) is 6.72. The minimum absolute atomic E-state index is 0.303. The van der Waals surface area contributed by atoms with Crippen molar-refractivity contribution in [3.8, 4) is 16.9 Å². The molecule has 1 aromatic carbocycles. The minimum atomic E-state index is 0.303. The lowest BCUT2D eigenvalue weighted by Crippen LogP contribution is -2.48. The van der Waals surface area contributed by atoms with Crippen LogP contribution in [0.1, 0.15) is 6.42 Å². The number of H-pyrrole nitrogens is 1. The molecule has 2 fully saturated rings. The van der Waals surface area contributed by atoms with Gasteiger partial charge in [-0.3, -0.25) is 5.10 Å². The number of anilines is 1. The number of aromatic nitrogens is 7. The number of nitrogens with zero attached hydrogens (tertiary/aromatic N) is 7. The summed E-state index contributed by atoms with van der Waals surface area (Å²) in [5.74, 6) is 0.620. The molecule has 152 valence electrons. The van der Waals surface area contributed by atoms with Crippen LogP contribution in [0, 0.1) is 0 Å². The summed E-state index contributed by atoms with van der Waals surface area (Å²) in [6.07, 6.45) is 8.25. The molecule has 10 heteroatoms. The van der Waals surface area contributed by atoms with Crippen LogP contribution >= 0.6 is 0 Å². The van der Waals surface area contributed by atoms with Crippen molar-refractivity contribution in [3.05, 3.63) is 43.0 Å². The number of aromatic amines is 1. The highest BCUT2D eigenvalue weighted by molar-refractivity contribution is 5.97. The van der Waals surface area contributed by atoms with E-state index in [4.69, 9.17) is 4.74 Å². The molecular formula is C20H21N9O. The molecular weight excluding hydrogens is 382 g/mol. The third-order valence-corrected chi connectivity index (χ3v) is 6.04. The quantitative estimate of drug-likeness (QED) is 0.523. The van der Waals surface area contributed by atoms with Gasteiger partial charge in [-0.05, 0) is 24.6 Å². The van der Waals surface area contributed by atoms with Crippen LogP contribution in [0.4, 0.5) is 5.95 Å². The van der Waals surface area contributed by atoms with Gasteiger partial charge >= 0.3 is 0 Å². The summed E-state index contributed by atoms with van der Waals surface area (Å²) in [7, 11) is 2.02. The number of ether oxygens (including phenoxy) is 1. The molecule has 0 saturated carbocycles. The van der Waals surface area contributed by atoms with E-state index >= 15 is 0 Å². The van der Waals surface area contributed by atoms with E-state index in [1.54, 1.807) is 18.6 Å². The van der Waals surface area contributed by atoms with Crippen LogP contribution in [0.25, 0.3) is 27.8 Å². The zero-order valence-corrected chi connectivity index (χ0v) is 16.4. The van der Waals surface area contributed by atoms with Crippen LogP contribution in [-0.4, -0.2) is 73.5 Å². The molecule has 6 rings (SSSR count). The van der Waals surface area contributed by atoms with Crippen molar-refractivity contribution in [3.63, 3.8) is 0 Å². The SMILES string of the molecule is CN(c1ncc(-c2ccc(-n3cccn3)c3[nH]ncc23)nn1)[C@H]1C[C@@H]2COC[C@H]1N2. The first kappa shape index (κ1) is 17.5. The van der Waals surface area contributed by atoms with Crippen LogP contribution in [-0.2, 0) is 4.74 Å². The first-order valence-electron chi connectivity index (χ1n) is 10.0. The van der Waals surface area contributed by atoms with E-state index in [1.165, 1.54) is 0 Å². The number of rotatable bonds is 4. The Labute approximate surface area is 172 Å². The smallest absolute Gasteiger partial charge is 0.245 e. The van der Waals surface area contributed by atoms with Gasteiger partial charge < -0.3 is 15.0 Å². The second-order valence-corrected chi connectivity index (χ2v) is 7.81. The van der Waals surface area contributed by atoms with Crippen molar-refractivity contribution < 1.29 is 4.74 Å². The van der Waals surface area contributed by atoms with E-state index in [9.17, 15) is 0 Å². The maximum atomic E-state index is 5.66. The number of morpholine rings is 1. The topological polar surface area (TPSA) is 110 Å². The molecule has 2 aliphatic heterocycles. The van der Waals surface area contributed by atoms with E-state index in [0.717, 1.165) is 41.8 Å². The Kier molecular flexibility index (Phi) is 3.99. The first-order valence-corrected chi connectivity index (χ1v) is 10.0. The van der Waals surface area contributed by atoms with Gasteiger partial charge in [-0.1, -0.05) is 0 Å². The van der Waals surface area contributed by atoms with Gasteiger partial charge in [-0.25, -0.2) is 9.67 Å². The molecule has 0 spiro atoms. The highest BCUT2D eigenvalue weighted by Gasteiger charge is 2.40. The molecule has 0 radical (unpaired) electrons. The molecule has 3 aromatic heterocycles. The van der Waals surface area contributed by atoms with Gasteiger partial charge in [-0.15, -0.1) is 10.2 Å². The third-order valence-electron chi connectivity index (χ3n) is 6.04. The van der Waals surface area contributed by atoms with Gasteiger partial charge in [-0.2, -0.15) is 10.2 Å². The fourth-order valence-electron chi connectivity index (χ4n) is 4.53. The average Bonchev–Trinajstić information content (AvgIpc) is 3.53. The first-order chi connectivity index (χ1) is 14.8. The van der Waals surface area contributed by atoms with E-state index in [-0.39, 0.29) is 0 Å². The van der Waals surface area contributed by atoms with Crippen molar-refractivity contribution in [1.82, 2.24) is 40.5 Å². The van der Waals surface area contributed by atoms with Gasteiger partial charge in [0.15, 0.2) is 0 Å². The van der Waals surface area contributed by atoms with Gasteiger partial charge in [0.05, 0.1) is 48.9 Å². The molecule has 2 N–H and O–H groups in total. The van der Waals surface area contributed by atoms with Crippen molar-refractivity contribution in [2.45, 2.75) is 24.5 Å². The summed E-state index contributed by atoms with van der Waals surface area (Å²) in [6, 6.07) is 6.91. The third kappa shape index (κ3) is 2.76. The number of hydrogen-bond acceptors (Lipinski definition) is 8. The maximum absolute atomic E-state index is 5.66. The Bertz CT molecular complexity index is 1170. The highest BCUT2D eigenvalue weighted by atomic mass is 16.5. The van der Waals surface area contributed by atoms with Crippen molar-refractivity contribution in [1.29, 1.82) is 0 Å². The van der Waals surface area contributed by atoms with Gasteiger partial charge in [0, 0.05) is 36.4 Å². The Hall–Kier alpha value is -3.37. The Balaban J connectivity index is 1.31. The van der Waals surface area contributed by atoms with Crippen LogP contribution in [0.3, 0.4) is 0 Å². The summed E-state index contributed by atoms with van der Waals surface area (Å²) in [6.45, 7) is 1.49. The lowest BCUT2D eigenvalue weighted by molar-refractivity contribution is 0.0711. The number of benzene rings is 1. The second kappa shape index (κ2) is 6.85. The fraction of sp³-hybridized carbons (Fsp3) is 0.350. The standard InChI is InChI=1S/C20H21N9O/c1-28(18-7-12-10-30-11-16(18)24-12)20-21-9-15(25-27-20)13-3-4-17(29-6-2-5-23-29)19-14(13)8-22-26-19/h2-6,8-9,12,16,18,24H,7,10-11H2,1H3,(H,22,26)/t12-,16-,18+/m1/s1. The number of nitrogens with one attached hydrogen (secondary N) is 2. The zero-order chi connectivity index (χ0) is 20.1. The van der Waals surface area contributed by atoms with Crippen LogP contribution in [0.2, 0.25) is 0 Å². The van der Waals surface area contributed by atoms with Gasteiger partial charge in [0.2, 0.25) is 5.95 Å².